The van der Waals surface area contributed by atoms with Gasteiger partial charge in [-0.1, -0.05) is 44.2 Å². The summed E-state index contributed by atoms with van der Waals surface area (Å²) in [5.74, 6) is 3.81. The number of methoxy groups -OCH3 is 1. The van der Waals surface area contributed by atoms with Crippen LogP contribution in [0.4, 0.5) is 0 Å². The van der Waals surface area contributed by atoms with Crippen LogP contribution >= 0.6 is 0 Å². The molecule has 0 radical (unpaired) electrons. The van der Waals surface area contributed by atoms with Gasteiger partial charge in [0.15, 0.2) is 0 Å². The molecule has 0 spiro atoms. The van der Waals surface area contributed by atoms with Crippen LogP contribution in [-0.2, 0) is 5.41 Å². The Labute approximate surface area is 192 Å². The normalized spacial score (nSPS) is 27.7. The summed E-state index contributed by atoms with van der Waals surface area (Å²) in [6.45, 7) is 4.00. The Kier molecular flexibility index (Phi) is 5.57. The first-order valence-electron chi connectivity index (χ1n) is 12.3. The van der Waals surface area contributed by atoms with Crippen LogP contribution in [0.1, 0.15) is 68.3 Å². The molecule has 0 unspecified atom stereocenters. The topological polar surface area (TPSA) is 26.3 Å². The van der Waals surface area contributed by atoms with Crippen molar-refractivity contribution < 1.29 is 9.53 Å². The lowest BCUT2D eigenvalue weighted by atomic mass is 9.48. The first kappa shape index (κ1) is 21.2. The van der Waals surface area contributed by atoms with Gasteiger partial charge in [-0.25, -0.2) is 0 Å². The van der Waals surface area contributed by atoms with Gasteiger partial charge in [-0.3, -0.25) is 4.79 Å². The number of ether oxygens (including phenoxy) is 1. The fraction of sp³-hybridized carbons (Fsp3) is 0.433. The van der Waals surface area contributed by atoms with Crippen LogP contribution < -0.4 is 4.74 Å². The van der Waals surface area contributed by atoms with Gasteiger partial charge in [-0.05, 0) is 108 Å². The molecular formula is C30H34O2. The number of hydrogen-bond acceptors (Lipinski definition) is 2. The molecule has 2 nitrogen and oxygen atoms in total. The highest BCUT2D eigenvalue weighted by Gasteiger charge is 2.52. The molecule has 3 aromatic carbocycles. The van der Waals surface area contributed by atoms with E-state index in [0.717, 1.165) is 40.7 Å². The molecule has 3 aromatic rings. The van der Waals surface area contributed by atoms with E-state index in [1.165, 1.54) is 60.6 Å². The highest BCUT2D eigenvalue weighted by atomic mass is 16.5. The van der Waals surface area contributed by atoms with E-state index >= 15 is 0 Å². The van der Waals surface area contributed by atoms with Crippen molar-refractivity contribution >= 4 is 17.1 Å². The zero-order chi connectivity index (χ0) is 22.3. The molecule has 0 aliphatic heterocycles. The van der Waals surface area contributed by atoms with Crippen molar-refractivity contribution in [2.24, 2.45) is 17.8 Å². The zero-order valence-corrected chi connectivity index (χ0v) is 19.6. The minimum atomic E-state index is 0.311. The number of carbonyl (C=O) groups excluding carboxylic acids is 1. The number of aldehydes is 1. The SMILES string of the molecule is CC.COc1ccc(-c2ccc3cc(C=O)ccc3c2)cc1C12CC3CC(CC(C3)C1)C2. The summed E-state index contributed by atoms with van der Waals surface area (Å²) in [5.41, 5.74) is 4.98. The monoisotopic (exact) mass is 426 g/mol. The molecule has 0 amide bonds. The van der Waals surface area contributed by atoms with Gasteiger partial charge in [0.1, 0.15) is 12.0 Å². The maximum Gasteiger partial charge on any atom is 0.150 e. The number of hydrogen-bond donors (Lipinski definition) is 0. The van der Waals surface area contributed by atoms with Gasteiger partial charge in [0.05, 0.1) is 7.11 Å². The zero-order valence-electron chi connectivity index (χ0n) is 19.6. The van der Waals surface area contributed by atoms with Crippen LogP contribution in [-0.4, -0.2) is 13.4 Å². The Bertz CT molecular complexity index is 1110. The molecule has 4 saturated carbocycles. The summed E-state index contributed by atoms with van der Waals surface area (Å²) in [5, 5.41) is 2.28. The second kappa shape index (κ2) is 8.39. The Morgan fingerprint density at radius 3 is 1.97 bits per heavy atom. The summed E-state index contributed by atoms with van der Waals surface area (Å²) in [7, 11) is 1.82. The van der Waals surface area contributed by atoms with Crippen molar-refractivity contribution in [1.82, 2.24) is 0 Å². The molecule has 0 aromatic heterocycles. The number of rotatable bonds is 4. The first-order chi connectivity index (χ1) is 15.7. The smallest absolute Gasteiger partial charge is 0.150 e. The third-order valence-electron chi connectivity index (χ3n) is 8.14. The lowest BCUT2D eigenvalue weighted by Gasteiger charge is -2.57. The highest BCUT2D eigenvalue weighted by molar-refractivity contribution is 5.91. The Morgan fingerprint density at radius 1 is 0.781 bits per heavy atom. The van der Waals surface area contributed by atoms with Gasteiger partial charge < -0.3 is 4.74 Å². The van der Waals surface area contributed by atoms with Crippen molar-refractivity contribution in [3.63, 3.8) is 0 Å². The van der Waals surface area contributed by atoms with E-state index in [9.17, 15) is 4.79 Å². The second-order valence-corrected chi connectivity index (χ2v) is 10.1. The highest BCUT2D eigenvalue weighted by Crippen LogP contribution is 2.62. The van der Waals surface area contributed by atoms with Gasteiger partial charge in [0.2, 0.25) is 0 Å². The third-order valence-corrected chi connectivity index (χ3v) is 8.14. The van der Waals surface area contributed by atoms with Gasteiger partial charge in [-0.2, -0.15) is 0 Å². The molecule has 2 heteroatoms. The van der Waals surface area contributed by atoms with Gasteiger partial charge in [0, 0.05) is 11.1 Å². The van der Waals surface area contributed by atoms with Crippen LogP contribution in [0.15, 0.2) is 54.6 Å². The van der Waals surface area contributed by atoms with Crippen LogP contribution in [0, 0.1) is 17.8 Å². The fourth-order valence-electron chi connectivity index (χ4n) is 7.26. The number of fused-ring (bicyclic) bond motifs is 1. The molecule has 0 heterocycles. The van der Waals surface area contributed by atoms with E-state index in [4.69, 9.17) is 4.74 Å². The predicted octanol–water partition coefficient (Wildman–Crippen LogP) is 7.82. The van der Waals surface area contributed by atoms with Gasteiger partial charge in [-0.15, -0.1) is 0 Å². The lowest BCUT2D eigenvalue weighted by Crippen LogP contribution is -2.48. The quantitative estimate of drug-likeness (QED) is 0.397. The Balaban J connectivity index is 0.00000105. The molecular weight excluding hydrogens is 392 g/mol. The Morgan fingerprint density at radius 2 is 1.34 bits per heavy atom. The Hall–Kier alpha value is -2.61. The molecule has 0 N–H and O–H groups in total. The molecule has 32 heavy (non-hydrogen) atoms. The van der Waals surface area contributed by atoms with E-state index in [-0.39, 0.29) is 0 Å². The van der Waals surface area contributed by atoms with Crippen molar-refractivity contribution in [2.75, 3.05) is 7.11 Å². The molecule has 7 rings (SSSR count). The van der Waals surface area contributed by atoms with E-state index in [1.807, 2.05) is 39.2 Å². The molecule has 4 fully saturated rings. The van der Waals surface area contributed by atoms with Crippen LogP contribution in [0.3, 0.4) is 0 Å². The lowest BCUT2D eigenvalue weighted by molar-refractivity contribution is -0.00613. The van der Waals surface area contributed by atoms with E-state index in [2.05, 4.69) is 36.4 Å². The van der Waals surface area contributed by atoms with E-state index < -0.39 is 0 Å². The summed E-state index contributed by atoms with van der Waals surface area (Å²) < 4.78 is 5.89. The maximum absolute atomic E-state index is 11.1. The second-order valence-electron chi connectivity index (χ2n) is 10.1. The summed E-state index contributed by atoms with van der Waals surface area (Å²) in [4.78, 5) is 11.1. The average Bonchev–Trinajstić information content (AvgIpc) is 2.83. The third kappa shape index (κ3) is 3.54. The fourth-order valence-corrected chi connectivity index (χ4v) is 7.26. The van der Waals surface area contributed by atoms with Crippen molar-refractivity contribution in [3.8, 4) is 16.9 Å². The average molecular weight is 427 g/mol. The van der Waals surface area contributed by atoms with Gasteiger partial charge >= 0.3 is 0 Å². The predicted molar refractivity (Wildman–Crippen MR) is 133 cm³/mol. The molecule has 4 aliphatic rings. The largest absolute Gasteiger partial charge is 0.496 e. The van der Waals surface area contributed by atoms with Crippen LogP contribution in [0.5, 0.6) is 5.75 Å². The van der Waals surface area contributed by atoms with Crippen molar-refractivity contribution in [2.45, 2.75) is 57.8 Å². The summed E-state index contributed by atoms with van der Waals surface area (Å²) in [6.07, 6.45) is 9.29. The van der Waals surface area contributed by atoms with Crippen molar-refractivity contribution in [3.05, 3.63) is 65.7 Å². The first-order valence-corrected chi connectivity index (χ1v) is 12.3. The molecule has 0 saturated heterocycles. The molecule has 0 atom stereocenters. The van der Waals surface area contributed by atoms with Crippen LogP contribution in [0.25, 0.3) is 21.9 Å². The standard InChI is InChI=1S/C28H28O2.C2H6/c1-30-27-7-6-25(24-5-4-22-11-18(17-29)2-3-23(22)12-24)13-26(27)28-14-19-8-20(15-28)10-21(9-19)16-28;1-2/h2-7,11-13,17,19-21H,8-10,14-16H2,1H3;1-2H3. The number of carbonyl (C=O) groups is 1. The maximum atomic E-state index is 11.1. The van der Waals surface area contributed by atoms with E-state index in [1.54, 1.807) is 0 Å². The molecule has 4 bridgehead atoms. The summed E-state index contributed by atoms with van der Waals surface area (Å²) in [6, 6.07) is 19.3. The van der Waals surface area contributed by atoms with Crippen LogP contribution in [0.2, 0.25) is 0 Å². The van der Waals surface area contributed by atoms with Crippen molar-refractivity contribution in [1.29, 1.82) is 0 Å². The minimum absolute atomic E-state index is 0.311. The summed E-state index contributed by atoms with van der Waals surface area (Å²) >= 11 is 0. The van der Waals surface area contributed by atoms with Gasteiger partial charge in [0.25, 0.3) is 0 Å². The minimum Gasteiger partial charge on any atom is -0.496 e. The molecule has 4 aliphatic carbocycles. The van der Waals surface area contributed by atoms with E-state index in [0.29, 0.717) is 5.41 Å². The molecule has 166 valence electrons. The number of benzene rings is 3.